The van der Waals surface area contributed by atoms with Crippen molar-refractivity contribution in [2.75, 3.05) is 12.3 Å². The fourth-order valence-corrected chi connectivity index (χ4v) is 4.48. The van der Waals surface area contributed by atoms with Crippen molar-refractivity contribution in [1.82, 2.24) is 5.32 Å². The average molecular weight is 228 g/mol. The van der Waals surface area contributed by atoms with Gasteiger partial charge in [0, 0.05) is 23.4 Å². The summed E-state index contributed by atoms with van der Waals surface area (Å²) in [5, 5.41) is 4.55. The maximum absolute atomic E-state index is 6.00. The molecule has 0 radical (unpaired) electrons. The van der Waals surface area contributed by atoms with E-state index in [0.29, 0.717) is 5.25 Å². The fraction of sp³-hybridized carbons (Fsp3) is 1.00. The van der Waals surface area contributed by atoms with Crippen LogP contribution in [0.25, 0.3) is 0 Å². The summed E-state index contributed by atoms with van der Waals surface area (Å²) in [5.74, 6) is 2.18. The minimum Gasteiger partial charge on any atom is -0.329 e. The van der Waals surface area contributed by atoms with E-state index in [9.17, 15) is 0 Å². The van der Waals surface area contributed by atoms with Crippen LogP contribution in [0.3, 0.4) is 0 Å². The van der Waals surface area contributed by atoms with Gasteiger partial charge in [0.05, 0.1) is 0 Å². The molecule has 3 heteroatoms. The van der Waals surface area contributed by atoms with Crippen LogP contribution in [0.15, 0.2) is 0 Å². The number of nitrogens with two attached hydrogens (primary N) is 1. The molecule has 2 fully saturated rings. The van der Waals surface area contributed by atoms with Crippen molar-refractivity contribution in [2.24, 2.45) is 11.7 Å². The molecule has 88 valence electrons. The third kappa shape index (κ3) is 2.34. The molecule has 2 nitrogen and oxygen atoms in total. The summed E-state index contributed by atoms with van der Waals surface area (Å²) in [4.78, 5) is 0. The topological polar surface area (TPSA) is 38.0 Å². The molecule has 1 saturated heterocycles. The molecule has 1 saturated carbocycles. The summed E-state index contributed by atoms with van der Waals surface area (Å²) in [7, 11) is 0. The zero-order valence-electron chi connectivity index (χ0n) is 9.96. The minimum absolute atomic E-state index is 0.236. The Morgan fingerprint density at radius 1 is 1.40 bits per heavy atom. The lowest BCUT2D eigenvalue weighted by atomic mass is 9.91. The van der Waals surface area contributed by atoms with Gasteiger partial charge in [-0.05, 0) is 37.4 Å². The molecule has 1 heterocycles. The molecule has 0 spiro atoms. The van der Waals surface area contributed by atoms with Gasteiger partial charge in [-0.3, -0.25) is 0 Å². The number of thioether (sulfide) groups is 1. The van der Waals surface area contributed by atoms with Crippen molar-refractivity contribution in [1.29, 1.82) is 0 Å². The Balaban J connectivity index is 1.96. The van der Waals surface area contributed by atoms with E-state index in [4.69, 9.17) is 5.73 Å². The van der Waals surface area contributed by atoms with Gasteiger partial charge in [0.1, 0.15) is 0 Å². The van der Waals surface area contributed by atoms with E-state index in [2.05, 4.69) is 30.9 Å². The van der Waals surface area contributed by atoms with E-state index in [0.717, 1.165) is 18.5 Å². The second-order valence-corrected chi connectivity index (χ2v) is 6.83. The number of rotatable bonds is 3. The molecule has 0 aromatic carbocycles. The highest BCUT2D eigenvalue weighted by molar-refractivity contribution is 8.00. The van der Waals surface area contributed by atoms with Crippen molar-refractivity contribution in [3.63, 3.8) is 0 Å². The van der Waals surface area contributed by atoms with E-state index in [1.165, 1.54) is 31.4 Å². The van der Waals surface area contributed by atoms with Crippen molar-refractivity contribution >= 4 is 11.8 Å². The minimum atomic E-state index is 0.236. The Hall–Kier alpha value is 0.270. The summed E-state index contributed by atoms with van der Waals surface area (Å²) in [6, 6.07) is 0.727. The summed E-state index contributed by atoms with van der Waals surface area (Å²) < 4.78 is 0. The Labute approximate surface area is 97.8 Å². The van der Waals surface area contributed by atoms with Gasteiger partial charge in [0.2, 0.25) is 0 Å². The Bertz CT molecular complexity index is 222. The predicted octanol–water partition coefficient (Wildman–Crippen LogP) is 1.99. The predicted molar refractivity (Wildman–Crippen MR) is 68.3 cm³/mol. The lowest BCUT2D eigenvalue weighted by Crippen LogP contribution is -2.58. The molecule has 0 bridgehead atoms. The maximum Gasteiger partial charge on any atom is 0.0431 e. The van der Waals surface area contributed by atoms with Gasteiger partial charge in [-0.2, -0.15) is 11.8 Å². The highest BCUT2D eigenvalue weighted by atomic mass is 32.2. The van der Waals surface area contributed by atoms with E-state index >= 15 is 0 Å². The van der Waals surface area contributed by atoms with Crippen LogP contribution in [0.4, 0.5) is 0 Å². The van der Waals surface area contributed by atoms with Crippen molar-refractivity contribution in [3.05, 3.63) is 0 Å². The summed E-state index contributed by atoms with van der Waals surface area (Å²) in [6.45, 7) is 5.49. The summed E-state index contributed by atoms with van der Waals surface area (Å²) >= 11 is 2.07. The van der Waals surface area contributed by atoms with Crippen LogP contribution < -0.4 is 11.1 Å². The number of hydrogen-bond acceptors (Lipinski definition) is 3. The van der Waals surface area contributed by atoms with E-state index in [1.807, 2.05) is 0 Å². The SMILES string of the molecule is CC1CCC(NC2(CN)CCSC2C)C1. The van der Waals surface area contributed by atoms with Crippen LogP contribution in [0, 0.1) is 5.92 Å². The summed E-state index contributed by atoms with van der Waals surface area (Å²) in [6.07, 6.45) is 5.33. The molecule has 1 aliphatic heterocycles. The quantitative estimate of drug-likeness (QED) is 0.776. The first kappa shape index (κ1) is 11.7. The van der Waals surface area contributed by atoms with Gasteiger partial charge in [-0.15, -0.1) is 0 Å². The Morgan fingerprint density at radius 2 is 2.20 bits per heavy atom. The lowest BCUT2D eigenvalue weighted by Gasteiger charge is -2.36. The monoisotopic (exact) mass is 228 g/mol. The van der Waals surface area contributed by atoms with Crippen LogP contribution in [-0.4, -0.2) is 29.1 Å². The molecule has 4 atom stereocenters. The Morgan fingerprint density at radius 3 is 2.67 bits per heavy atom. The van der Waals surface area contributed by atoms with E-state index in [1.54, 1.807) is 0 Å². The van der Waals surface area contributed by atoms with Crippen LogP contribution in [-0.2, 0) is 0 Å². The largest absolute Gasteiger partial charge is 0.329 e. The second-order valence-electron chi connectivity index (χ2n) is 5.38. The molecule has 1 aliphatic carbocycles. The third-order valence-electron chi connectivity index (χ3n) is 4.24. The van der Waals surface area contributed by atoms with Gasteiger partial charge in [-0.25, -0.2) is 0 Å². The first-order valence-corrected chi connectivity index (χ1v) is 7.30. The molecule has 2 aliphatic rings. The zero-order chi connectivity index (χ0) is 10.9. The molecule has 0 aromatic heterocycles. The highest BCUT2D eigenvalue weighted by Crippen LogP contribution is 2.37. The molecule has 15 heavy (non-hydrogen) atoms. The molecular weight excluding hydrogens is 204 g/mol. The van der Waals surface area contributed by atoms with Crippen molar-refractivity contribution in [2.45, 2.75) is 56.4 Å². The standard InChI is InChI=1S/C12H24N2S/c1-9-3-4-11(7-9)14-12(8-13)5-6-15-10(12)2/h9-11,14H,3-8,13H2,1-2H3. The average Bonchev–Trinajstić information content (AvgIpc) is 2.76. The maximum atomic E-state index is 6.00. The molecule has 0 amide bonds. The second kappa shape index (κ2) is 4.64. The van der Waals surface area contributed by atoms with Gasteiger partial charge in [0.15, 0.2) is 0 Å². The van der Waals surface area contributed by atoms with Gasteiger partial charge in [-0.1, -0.05) is 13.8 Å². The van der Waals surface area contributed by atoms with Gasteiger partial charge in [0.25, 0.3) is 0 Å². The fourth-order valence-electron chi connectivity index (χ4n) is 3.04. The van der Waals surface area contributed by atoms with Crippen molar-refractivity contribution < 1.29 is 0 Å². The molecule has 0 aromatic rings. The van der Waals surface area contributed by atoms with Crippen LogP contribution in [0.2, 0.25) is 0 Å². The Kier molecular flexibility index (Phi) is 3.63. The van der Waals surface area contributed by atoms with Crippen molar-refractivity contribution in [3.8, 4) is 0 Å². The molecule has 4 unspecified atom stereocenters. The van der Waals surface area contributed by atoms with E-state index in [-0.39, 0.29) is 5.54 Å². The van der Waals surface area contributed by atoms with Crippen LogP contribution in [0.1, 0.15) is 39.5 Å². The van der Waals surface area contributed by atoms with Gasteiger partial charge >= 0.3 is 0 Å². The molecular formula is C12H24N2S. The van der Waals surface area contributed by atoms with Crippen LogP contribution >= 0.6 is 11.8 Å². The normalized spacial score (nSPS) is 46.2. The smallest absolute Gasteiger partial charge is 0.0431 e. The highest BCUT2D eigenvalue weighted by Gasteiger charge is 2.41. The number of nitrogens with one attached hydrogen (secondary N) is 1. The molecule has 3 N–H and O–H groups in total. The zero-order valence-corrected chi connectivity index (χ0v) is 10.8. The van der Waals surface area contributed by atoms with Crippen LogP contribution in [0.5, 0.6) is 0 Å². The summed E-state index contributed by atoms with van der Waals surface area (Å²) in [5.41, 5.74) is 6.23. The van der Waals surface area contributed by atoms with Gasteiger partial charge < -0.3 is 11.1 Å². The first-order valence-electron chi connectivity index (χ1n) is 6.25. The third-order valence-corrected chi connectivity index (χ3v) is 5.64. The lowest BCUT2D eigenvalue weighted by molar-refractivity contribution is 0.289. The first-order chi connectivity index (χ1) is 7.16. The van der Waals surface area contributed by atoms with E-state index < -0.39 is 0 Å². The molecule has 2 rings (SSSR count). The number of hydrogen-bond donors (Lipinski definition) is 2.